The molecule has 1 aliphatic rings. The second-order valence-corrected chi connectivity index (χ2v) is 6.88. The Morgan fingerprint density at radius 2 is 1.95 bits per heavy atom. The van der Waals surface area contributed by atoms with Crippen LogP contribution in [0.25, 0.3) is 10.2 Å². The maximum absolute atomic E-state index is 12.5. The van der Waals surface area contributed by atoms with Crippen molar-refractivity contribution in [1.82, 2.24) is 4.98 Å². The number of amides is 1. The molecule has 0 bridgehead atoms. The zero-order chi connectivity index (χ0) is 15.7. The molecule has 2 aromatic rings. The number of fused-ring (bicyclic) bond motifs is 1. The van der Waals surface area contributed by atoms with Crippen LogP contribution in [-0.2, 0) is 4.79 Å². The predicted octanol–water partition coefficient (Wildman–Crippen LogP) is 2.06. The van der Waals surface area contributed by atoms with Gasteiger partial charge in [0.25, 0.3) is 0 Å². The summed E-state index contributed by atoms with van der Waals surface area (Å²) in [7, 11) is 0. The molecule has 1 amide bonds. The second-order valence-electron chi connectivity index (χ2n) is 5.85. The molecule has 22 heavy (non-hydrogen) atoms. The number of nitrogens with zero attached hydrogens (tertiary/aromatic N) is 1. The third-order valence-corrected chi connectivity index (χ3v) is 5.38. The number of ketones is 1. The van der Waals surface area contributed by atoms with Crippen molar-refractivity contribution in [3.63, 3.8) is 0 Å². The van der Waals surface area contributed by atoms with Crippen LogP contribution in [0.15, 0.2) is 24.3 Å². The van der Waals surface area contributed by atoms with E-state index in [2.05, 4.69) is 4.98 Å². The molecule has 1 radical (unpaired) electrons. The number of hydrogen-bond donors (Lipinski definition) is 2. The Balaban J connectivity index is 1.83. The quantitative estimate of drug-likeness (QED) is 0.843. The van der Waals surface area contributed by atoms with Crippen molar-refractivity contribution in [3.05, 3.63) is 35.7 Å². The second kappa shape index (κ2) is 5.78. The molecule has 115 valence electrons. The van der Waals surface area contributed by atoms with Gasteiger partial charge in [-0.05, 0) is 37.8 Å². The summed E-state index contributed by atoms with van der Waals surface area (Å²) in [4.78, 5) is 28.8. The van der Waals surface area contributed by atoms with Crippen molar-refractivity contribution in [2.75, 3.05) is 0 Å². The first-order chi connectivity index (χ1) is 10.5. The fourth-order valence-electron chi connectivity index (χ4n) is 2.91. The van der Waals surface area contributed by atoms with Crippen LogP contribution in [0.3, 0.4) is 0 Å². The minimum absolute atomic E-state index is 0.0819. The van der Waals surface area contributed by atoms with Gasteiger partial charge < -0.3 is 11.5 Å². The molecule has 0 saturated heterocycles. The number of hydrogen-bond acceptors (Lipinski definition) is 5. The van der Waals surface area contributed by atoms with Gasteiger partial charge in [0.05, 0.1) is 22.1 Å². The highest BCUT2D eigenvalue weighted by molar-refractivity contribution is 7.20. The third-order valence-electron chi connectivity index (χ3n) is 4.33. The number of Topliss-reactive ketones (excluding diaryl/α,β-unsaturated/α-hetero) is 1. The molecule has 1 aromatic carbocycles. The van der Waals surface area contributed by atoms with Gasteiger partial charge in [-0.25, -0.2) is 4.98 Å². The summed E-state index contributed by atoms with van der Waals surface area (Å²) in [5.74, 6) is -0.677. The van der Waals surface area contributed by atoms with Crippen molar-refractivity contribution < 1.29 is 9.59 Å². The Bertz CT molecular complexity index is 684. The molecular formula is C16H18N3O2S. The SMILES string of the molecule is NC(=O)C1([CH]C(=O)c2nc3ccccc3s2)CCC(N)CC1. The van der Waals surface area contributed by atoms with E-state index in [1.165, 1.54) is 17.8 Å². The summed E-state index contributed by atoms with van der Waals surface area (Å²) in [5, 5.41) is 0.400. The Morgan fingerprint density at radius 1 is 1.27 bits per heavy atom. The molecule has 1 aliphatic carbocycles. The summed E-state index contributed by atoms with van der Waals surface area (Å²) < 4.78 is 0.957. The zero-order valence-corrected chi connectivity index (χ0v) is 12.9. The van der Waals surface area contributed by atoms with E-state index >= 15 is 0 Å². The highest BCUT2D eigenvalue weighted by atomic mass is 32.1. The van der Waals surface area contributed by atoms with E-state index in [4.69, 9.17) is 11.5 Å². The van der Waals surface area contributed by atoms with Crippen LogP contribution < -0.4 is 11.5 Å². The Labute approximate surface area is 132 Å². The topological polar surface area (TPSA) is 99.1 Å². The van der Waals surface area contributed by atoms with E-state index in [9.17, 15) is 9.59 Å². The van der Waals surface area contributed by atoms with Crippen molar-refractivity contribution >= 4 is 33.2 Å². The average Bonchev–Trinajstić information content (AvgIpc) is 2.93. The van der Waals surface area contributed by atoms with E-state index < -0.39 is 11.3 Å². The van der Waals surface area contributed by atoms with Crippen LogP contribution in [0.5, 0.6) is 0 Å². The van der Waals surface area contributed by atoms with Crippen LogP contribution in [0.4, 0.5) is 0 Å². The van der Waals surface area contributed by atoms with Crippen molar-refractivity contribution in [2.24, 2.45) is 16.9 Å². The number of carbonyl (C=O) groups excluding carboxylic acids is 2. The normalized spacial score (nSPS) is 25.2. The molecule has 5 nitrogen and oxygen atoms in total. The van der Waals surface area contributed by atoms with E-state index in [1.807, 2.05) is 24.3 Å². The van der Waals surface area contributed by atoms with Gasteiger partial charge in [-0.15, -0.1) is 11.3 Å². The number of rotatable bonds is 4. The van der Waals surface area contributed by atoms with Gasteiger partial charge in [-0.1, -0.05) is 12.1 Å². The Hall–Kier alpha value is -1.79. The van der Waals surface area contributed by atoms with Crippen molar-refractivity contribution in [1.29, 1.82) is 0 Å². The maximum atomic E-state index is 12.5. The van der Waals surface area contributed by atoms with Crippen LogP contribution in [-0.4, -0.2) is 22.7 Å². The monoisotopic (exact) mass is 316 g/mol. The number of thiazole rings is 1. The van der Waals surface area contributed by atoms with Gasteiger partial charge in [-0.3, -0.25) is 9.59 Å². The fraction of sp³-hybridized carbons (Fsp3) is 0.375. The molecular weight excluding hydrogens is 298 g/mol. The number of nitrogens with two attached hydrogens (primary N) is 2. The number of para-hydroxylation sites is 1. The summed E-state index contributed by atoms with van der Waals surface area (Å²) in [6.45, 7) is 0. The van der Waals surface area contributed by atoms with Gasteiger partial charge in [-0.2, -0.15) is 0 Å². The standard InChI is InChI=1S/C16H18N3O2S/c17-10-5-7-16(8-6-10,15(18)21)9-12(20)14-19-11-3-1-2-4-13(11)22-14/h1-4,9-10H,5-8,17H2,(H2,18,21). The molecule has 0 spiro atoms. The molecule has 3 rings (SSSR count). The Morgan fingerprint density at radius 3 is 2.59 bits per heavy atom. The van der Waals surface area contributed by atoms with Gasteiger partial charge >= 0.3 is 0 Å². The average molecular weight is 316 g/mol. The summed E-state index contributed by atoms with van der Waals surface area (Å²) >= 11 is 1.34. The van der Waals surface area contributed by atoms with Gasteiger partial charge in [0.15, 0.2) is 10.8 Å². The minimum Gasteiger partial charge on any atom is -0.369 e. The summed E-state index contributed by atoms with van der Waals surface area (Å²) in [6, 6.07) is 7.66. The van der Waals surface area contributed by atoms with E-state index in [-0.39, 0.29) is 11.8 Å². The lowest BCUT2D eigenvalue weighted by atomic mass is 9.69. The minimum atomic E-state index is -0.884. The van der Waals surface area contributed by atoms with Crippen LogP contribution >= 0.6 is 11.3 Å². The fourth-order valence-corrected chi connectivity index (χ4v) is 3.78. The van der Waals surface area contributed by atoms with E-state index in [1.54, 1.807) is 0 Å². The predicted molar refractivity (Wildman–Crippen MR) is 86.3 cm³/mol. The number of benzene rings is 1. The highest BCUT2D eigenvalue weighted by Crippen LogP contribution is 2.39. The molecule has 6 heteroatoms. The molecule has 0 aliphatic heterocycles. The largest absolute Gasteiger partial charge is 0.369 e. The first-order valence-corrected chi connectivity index (χ1v) is 8.13. The Kier molecular flexibility index (Phi) is 3.97. The summed E-state index contributed by atoms with van der Waals surface area (Å²) in [6.07, 6.45) is 3.93. The van der Waals surface area contributed by atoms with Gasteiger partial charge in [0.2, 0.25) is 5.91 Å². The lowest BCUT2D eigenvalue weighted by molar-refractivity contribution is -0.127. The molecule has 0 atom stereocenters. The smallest absolute Gasteiger partial charge is 0.224 e. The number of carbonyl (C=O) groups is 2. The molecule has 1 aromatic heterocycles. The van der Waals surface area contributed by atoms with Crippen LogP contribution in [0.1, 0.15) is 35.5 Å². The molecule has 0 unspecified atom stereocenters. The lowest BCUT2D eigenvalue weighted by Crippen LogP contribution is -2.44. The zero-order valence-electron chi connectivity index (χ0n) is 12.1. The van der Waals surface area contributed by atoms with E-state index in [0.29, 0.717) is 30.7 Å². The van der Waals surface area contributed by atoms with E-state index in [0.717, 1.165) is 10.2 Å². The number of aromatic nitrogens is 1. The van der Waals surface area contributed by atoms with Crippen LogP contribution in [0.2, 0.25) is 0 Å². The first kappa shape index (κ1) is 15.1. The van der Waals surface area contributed by atoms with Crippen molar-refractivity contribution in [3.8, 4) is 0 Å². The molecule has 1 fully saturated rings. The highest BCUT2D eigenvalue weighted by Gasteiger charge is 2.42. The van der Waals surface area contributed by atoms with Gasteiger partial charge in [0, 0.05) is 6.04 Å². The number of primary amides is 1. The molecule has 1 heterocycles. The molecule has 4 N–H and O–H groups in total. The molecule has 1 saturated carbocycles. The third kappa shape index (κ3) is 2.76. The lowest BCUT2D eigenvalue weighted by Gasteiger charge is -2.35. The maximum Gasteiger partial charge on any atom is 0.224 e. The van der Waals surface area contributed by atoms with Crippen molar-refractivity contribution in [2.45, 2.75) is 31.7 Å². The summed E-state index contributed by atoms with van der Waals surface area (Å²) in [5.41, 5.74) is 11.4. The van der Waals surface area contributed by atoms with Gasteiger partial charge in [0.1, 0.15) is 0 Å². The van der Waals surface area contributed by atoms with Crippen LogP contribution in [0, 0.1) is 11.8 Å². The first-order valence-electron chi connectivity index (χ1n) is 7.31.